The predicted molar refractivity (Wildman–Crippen MR) is 83.5 cm³/mol. The Morgan fingerprint density at radius 1 is 1.29 bits per heavy atom. The average Bonchev–Trinajstić information content (AvgIpc) is 2.82. The fourth-order valence-corrected chi connectivity index (χ4v) is 2.88. The second-order valence-corrected chi connectivity index (χ2v) is 5.66. The van der Waals surface area contributed by atoms with Gasteiger partial charge in [-0.3, -0.25) is 0 Å². The van der Waals surface area contributed by atoms with Crippen LogP contribution in [0.2, 0.25) is 5.02 Å². The number of nitrogen functional groups attached to an aromatic ring is 1. The summed E-state index contributed by atoms with van der Waals surface area (Å²) in [4.78, 5) is 19.3. The zero-order valence-corrected chi connectivity index (χ0v) is 12.1. The molecule has 1 aromatic carbocycles. The molecule has 2 heterocycles. The van der Waals surface area contributed by atoms with E-state index < -0.39 is 5.97 Å². The number of fused-ring (bicyclic) bond motifs is 1. The smallest absolute Gasteiger partial charge is 0.354 e. The van der Waals surface area contributed by atoms with Crippen LogP contribution in [0.1, 0.15) is 10.5 Å². The summed E-state index contributed by atoms with van der Waals surface area (Å²) in [6.07, 6.45) is 0. The molecular formula is C13H9ClN4O2S. The summed E-state index contributed by atoms with van der Waals surface area (Å²) in [6, 6.07) is 8.21. The Morgan fingerprint density at radius 2 is 2.10 bits per heavy atom. The molecule has 106 valence electrons. The third-order valence-corrected chi connectivity index (χ3v) is 3.89. The number of carboxylic acid groups (broad SMARTS) is 1. The minimum absolute atomic E-state index is 0.0872. The Kier molecular flexibility index (Phi) is 3.36. The van der Waals surface area contributed by atoms with Crippen molar-refractivity contribution in [3.05, 3.63) is 41.0 Å². The molecule has 0 bridgehead atoms. The van der Waals surface area contributed by atoms with Crippen molar-refractivity contribution < 1.29 is 9.90 Å². The number of anilines is 3. The van der Waals surface area contributed by atoms with Crippen LogP contribution in [-0.2, 0) is 0 Å². The van der Waals surface area contributed by atoms with E-state index in [1.54, 1.807) is 6.07 Å². The minimum atomic E-state index is -1.12. The maximum absolute atomic E-state index is 10.9. The molecule has 0 aliphatic rings. The van der Waals surface area contributed by atoms with Gasteiger partial charge in [0.25, 0.3) is 0 Å². The largest absolute Gasteiger partial charge is 0.477 e. The first-order chi connectivity index (χ1) is 10.0. The van der Waals surface area contributed by atoms with Crippen LogP contribution < -0.4 is 11.1 Å². The number of nitrogens with one attached hydrogen (secondary N) is 1. The zero-order chi connectivity index (χ0) is 15.0. The lowest BCUT2D eigenvalue weighted by molar-refractivity contribution is 0.0690. The van der Waals surface area contributed by atoms with Gasteiger partial charge in [-0.05, 0) is 30.3 Å². The summed E-state index contributed by atoms with van der Waals surface area (Å²) in [6.45, 7) is 0. The van der Waals surface area contributed by atoms with E-state index in [-0.39, 0.29) is 11.5 Å². The van der Waals surface area contributed by atoms with Crippen LogP contribution in [0.5, 0.6) is 0 Å². The summed E-state index contributed by atoms with van der Waals surface area (Å²) < 4.78 is 0.915. The predicted octanol–water partition coefficient (Wildman–Crippen LogP) is 3.37. The maximum Gasteiger partial charge on any atom is 0.354 e. The van der Waals surface area contributed by atoms with Crippen LogP contribution in [0.3, 0.4) is 0 Å². The first kappa shape index (κ1) is 13.6. The van der Waals surface area contributed by atoms with Crippen LogP contribution in [0.4, 0.5) is 16.6 Å². The molecule has 8 heteroatoms. The topological polar surface area (TPSA) is 101 Å². The summed E-state index contributed by atoms with van der Waals surface area (Å²) in [5.74, 6) is -0.853. The molecule has 0 saturated carbocycles. The fourth-order valence-electron chi connectivity index (χ4n) is 1.74. The third kappa shape index (κ3) is 2.74. The number of rotatable bonds is 3. The molecule has 6 nitrogen and oxygen atoms in total. The Bertz CT molecular complexity index is 849. The van der Waals surface area contributed by atoms with Gasteiger partial charge in [0.2, 0.25) is 0 Å². The standard InChI is InChI=1S/C13H9ClN4O2S/c14-6-1-3-8-10(5-6)21-13(17-8)18-11-7(15)2-4-9(16-11)12(19)20/h1-5H,15H2,(H,19,20)(H,16,17,18). The first-order valence-electron chi connectivity index (χ1n) is 5.86. The van der Waals surface area contributed by atoms with Crippen LogP contribution in [-0.4, -0.2) is 21.0 Å². The summed E-state index contributed by atoms with van der Waals surface area (Å²) in [5.41, 5.74) is 6.84. The molecular weight excluding hydrogens is 312 g/mol. The molecule has 0 amide bonds. The normalized spacial score (nSPS) is 10.7. The van der Waals surface area contributed by atoms with E-state index >= 15 is 0 Å². The molecule has 21 heavy (non-hydrogen) atoms. The molecule has 0 spiro atoms. The molecule has 0 fully saturated rings. The maximum atomic E-state index is 10.9. The van der Waals surface area contributed by atoms with Crippen molar-refractivity contribution in [1.82, 2.24) is 9.97 Å². The van der Waals surface area contributed by atoms with Crippen molar-refractivity contribution in [2.45, 2.75) is 0 Å². The highest BCUT2D eigenvalue weighted by molar-refractivity contribution is 7.22. The molecule has 2 aromatic heterocycles. The quantitative estimate of drug-likeness (QED) is 0.684. The summed E-state index contributed by atoms with van der Waals surface area (Å²) in [5, 5.41) is 13.1. The molecule has 0 atom stereocenters. The Morgan fingerprint density at radius 3 is 2.86 bits per heavy atom. The molecule has 0 aliphatic heterocycles. The zero-order valence-electron chi connectivity index (χ0n) is 10.5. The number of carbonyl (C=O) groups is 1. The van der Waals surface area contributed by atoms with Crippen molar-refractivity contribution in [2.24, 2.45) is 0 Å². The van der Waals surface area contributed by atoms with Crippen molar-refractivity contribution in [3.8, 4) is 0 Å². The highest BCUT2D eigenvalue weighted by Gasteiger charge is 2.11. The van der Waals surface area contributed by atoms with Gasteiger partial charge in [0.05, 0.1) is 15.9 Å². The van der Waals surface area contributed by atoms with Gasteiger partial charge in [-0.2, -0.15) is 0 Å². The lowest BCUT2D eigenvalue weighted by Gasteiger charge is -2.05. The number of nitrogens with two attached hydrogens (primary N) is 1. The van der Waals surface area contributed by atoms with E-state index in [1.165, 1.54) is 23.5 Å². The van der Waals surface area contributed by atoms with E-state index in [2.05, 4.69) is 15.3 Å². The van der Waals surface area contributed by atoms with Crippen molar-refractivity contribution in [3.63, 3.8) is 0 Å². The number of thiazole rings is 1. The SMILES string of the molecule is Nc1ccc(C(=O)O)nc1Nc1nc2ccc(Cl)cc2s1. The van der Waals surface area contributed by atoms with Crippen molar-refractivity contribution in [1.29, 1.82) is 0 Å². The van der Waals surface area contributed by atoms with Gasteiger partial charge in [0.15, 0.2) is 16.6 Å². The van der Waals surface area contributed by atoms with Gasteiger partial charge in [0.1, 0.15) is 0 Å². The fraction of sp³-hybridized carbons (Fsp3) is 0. The van der Waals surface area contributed by atoms with Gasteiger partial charge < -0.3 is 16.2 Å². The van der Waals surface area contributed by atoms with Gasteiger partial charge in [-0.1, -0.05) is 22.9 Å². The summed E-state index contributed by atoms with van der Waals surface area (Å²) >= 11 is 7.31. The van der Waals surface area contributed by atoms with Crippen molar-refractivity contribution >= 4 is 55.8 Å². The first-order valence-corrected chi connectivity index (χ1v) is 7.05. The highest BCUT2D eigenvalue weighted by Crippen LogP contribution is 2.31. The number of hydrogen-bond acceptors (Lipinski definition) is 6. The number of halogens is 1. The van der Waals surface area contributed by atoms with Gasteiger partial charge in [-0.15, -0.1) is 0 Å². The number of aromatic nitrogens is 2. The second kappa shape index (κ2) is 5.19. The van der Waals surface area contributed by atoms with Crippen LogP contribution >= 0.6 is 22.9 Å². The van der Waals surface area contributed by atoms with E-state index in [0.29, 0.717) is 15.8 Å². The Hall–Kier alpha value is -2.38. The molecule has 0 saturated heterocycles. The molecule has 3 rings (SSSR count). The monoisotopic (exact) mass is 320 g/mol. The van der Waals surface area contributed by atoms with E-state index in [0.717, 1.165) is 10.2 Å². The Balaban J connectivity index is 1.98. The number of pyridine rings is 1. The Labute approximate surface area is 128 Å². The van der Waals surface area contributed by atoms with Crippen LogP contribution in [0, 0.1) is 0 Å². The van der Waals surface area contributed by atoms with Gasteiger partial charge in [0, 0.05) is 5.02 Å². The lowest BCUT2D eigenvalue weighted by Crippen LogP contribution is -2.05. The molecule has 0 unspecified atom stereocenters. The third-order valence-electron chi connectivity index (χ3n) is 2.72. The molecule has 4 N–H and O–H groups in total. The minimum Gasteiger partial charge on any atom is -0.477 e. The molecule has 3 aromatic rings. The number of carboxylic acids is 1. The molecule has 0 radical (unpaired) electrons. The number of nitrogens with zero attached hydrogens (tertiary/aromatic N) is 2. The van der Waals surface area contributed by atoms with Gasteiger partial charge >= 0.3 is 5.97 Å². The molecule has 0 aliphatic carbocycles. The van der Waals surface area contributed by atoms with E-state index in [4.69, 9.17) is 22.4 Å². The lowest BCUT2D eigenvalue weighted by atomic mass is 10.3. The van der Waals surface area contributed by atoms with Crippen molar-refractivity contribution in [2.75, 3.05) is 11.1 Å². The van der Waals surface area contributed by atoms with E-state index in [9.17, 15) is 4.79 Å². The number of aromatic carboxylic acids is 1. The van der Waals surface area contributed by atoms with Crippen LogP contribution in [0.15, 0.2) is 30.3 Å². The second-order valence-electron chi connectivity index (χ2n) is 4.20. The number of hydrogen-bond donors (Lipinski definition) is 3. The van der Waals surface area contributed by atoms with E-state index in [1.807, 2.05) is 12.1 Å². The van der Waals surface area contributed by atoms with Gasteiger partial charge in [-0.25, -0.2) is 14.8 Å². The average molecular weight is 321 g/mol. The number of benzene rings is 1. The van der Waals surface area contributed by atoms with Crippen LogP contribution in [0.25, 0.3) is 10.2 Å². The summed E-state index contributed by atoms with van der Waals surface area (Å²) in [7, 11) is 0. The highest BCUT2D eigenvalue weighted by atomic mass is 35.5.